The summed E-state index contributed by atoms with van der Waals surface area (Å²) in [5.41, 5.74) is 2.91. The van der Waals surface area contributed by atoms with Crippen LogP contribution in [-0.4, -0.2) is 43.3 Å². The average Bonchev–Trinajstić information content (AvgIpc) is 3.19. The zero-order valence-electron chi connectivity index (χ0n) is 15.1. The summed E-state index contributed by atoms with van der Waals surface area (Å²) < 4.78 is 29.1. The molecule has 1 aromatic carbocycles. The zero-order chi connectivity index (χ0) is 18.7. The van der Waals surface area contributed by atoms with E-state index in [-0.39, 0.29) is 30.0 Å². The first-order valence-corrected chi connectivity index (χ1v) is 10.5. The molecule has 0 aliphatic carbocycles. The second-order valence-corrected chi connectivity index (χ2v) is 9.14. The van der Waals surface area contributed by atoms with Gasteiger partial charge in [-0.3, -0.25) is 9.69 Å². The van der Waals surface area contributed by atoms with E-state index >= 15 is 0 Å². The van der Waals surface area contributed by atoms with E-state index in [0.717, 1.165) is 16.8 Å². The highest BCUT2D eigenvalue weighted by Crippen LogP contribution is 2.21. The fourth-order valence-electron chi connectivity index (χ4n) is 3.31. The number of carbonyl (C=O) groups is 1. The van der Waals surface area contributed by atoms with Crippen LogP contribution < -0.4 is 5.32 Å². The predicted molar refractivity (Wildman–Crippen MR) is 101 cm³/mol. The largest absolute Gasteiger partial charge is 0.468 e. The molecule has 0 radical (unpaired) electrons. The van der Waals surface area contributed by atoms with Crippen molar-refractivity contribution in [2.24, 2.45) is 0 Å². The van der Waals surface area contributed by atoms with Gasteiger partial charge in [0.05, 0.1) is 30.9 Å². The Hall–Kier alpha value is -2.12. The number of anilines is 1. The van der Waals surface area contributed by atoms with Crippen molar-refractivity contribution in [3.8, 4) is 0 Å². The number of aryl methyl sites for hydroxylation is 2. The monoisotopic (exact) mass is 376 g/mol. The summed E-state index contributed by atoms with van der Waals surface area (Å²) in [5, 5.41) is 2.93. The molecule has 2 heterocycles. The minimum Gasteiger partial charge on any atom is -0.468 e. The molecule has 0 saturated carbocycles. The van der Waals surface area contributed by atoms with Crippen molar-refractivity contribution in [3.05, 3.63) is 53.5 Å². The van der Waals surface area contributed by atoms with E-state index < -0.39 is 9.84 Å². The molecule has 1 N–H and O–H groups in total. The number of carbonyl (C=O) groups excluding carboxylic acids is 1. The van der Waals surface area contributed by atoms with Gasteiger partial charge in [-0.2, -0.15) is 0 Å². The first kappa shape index (κ1) is 18.7. The number of nitrogens with zero attached hydrogens (tertiary/aromatic N) is 1. The third kappa shape index (κ3) is 4.74. The summed E-state index contributed by atoms with van der Waals surface area (Å²) in [6.45, 7) is 4.48. The number of hydrogen-bond acceptors (Lipinski definition) is 5. The molecule has 1 amide bonds. The third-order valence-corrected chi connectivity index (χ3v) is 6.42. The lowest BCUT2D eigenvalue weighted by Gasteiger charge is -2.26. The smallest absolute Gasteiger partial charge is 0.238 e. The van der Waals surface area contributed by atoms with E-state index in [1.54, 1.807) is 12.3 Å². The molecule has 0 unspecified atom stereocenters. The van der Waals surface area contributed by atoms with E-state index in [2.05, 4.69) is 5.32 Å². The maximum atomic E-state index is 12.6. The molecule has 3 rings (SSSR count). The van der Waals surface area contributed by atoms with Gasteiger partial charge in [-0.15, -0.1) is 0 Å². The van der Waals surface area contributed by atoms with Crippen molar-refractivity contribution in [2.45, 2.75) is 32.9 Å². The number of benzene rings is 1. The van der Waals surface area contributed by atoms with Crippen molar-refractivity contribution in [1.82, 2.24) is 4.90 Å². The lowest BCUT2D eigenvalue weighted by molar-refractivity contribution is -0.118. The molecule has 2 aromatic rings. The predicted octanol–water partition coefficient (Wildman–Crippen LogP) is 2.52. The van der Waals surface area contributed by atoms with E-state index in [1.165, 1.54) is 0 Å². The molecule has 1 atom stereocenters. The van der Waals surface area contributed by atoms with Crippen LogP contribution in [0, 0.1) is 13.8 Å². The van der Waals surface area contributed by atoms with E-state index in [9.17, 15) is 13.2 Å². The molecule has 1 aliphatic heterocycles. The number of furan rings is 1. The summed E-state index contributed by atoms with van der Waals surface area (Å²) >= 11 is 0. The third-order valence-electron chi connectivity index (χ3n) is 4.67. The van der Waals surface area contributed by atoms with Crippen LogP contribution >= 0.6 is 0 Å². The fraction of sp³-hybridized carbons (Fsp3) is 0.421. The quantitative estimate of drug-likeness (QED) is 0.838. The van der Waals surface area contributed by atoms with Gasteiger partial charge in [0.2, 0.25) is 5.91 Å². The zero-order valence-corrected chi connectivity index (χ0v) is 15.9. The van der Waals surface area contributed by atoms with Crippen LogP contribution in [0.15, 0.2) is 41.0 Å². The highest BCUT2D eigenvalue weighted by Gasteiger charge is 2.33. The molecule has 0 bridgehead atoms. The number of sulfone groups is 1. The summed E-state index contributed by atoms with van der Waals surface area (Å²) in [6, 6.07) is 9.30. The van der Waals surface area contributed by atoms with Gasteiger partial charge in [0.15, 0.2) is 9.84 Å². The Morgan fingerprint density at radius 3 is 2.73 bits per heavy atom. The van der Waals surface area contributed by atoms with E-state index in [1.807, 2.05) is 43.0 Å². The molecule has 1 saturated heterocycles. The summed E-state index contributed by atoms with van der Waals surface area (Å²) in [6.07, 6.45) is 2.12. The second kappa shape index (κ2) is 7.63. The molecule has 140 valence electrons. The Kier molecular flexibility index (Phi) is 5.48. The van der Waals surface area contributed by atoms with Crippen molar-refractivity contribution in [2.75, 3.05) is 23.4 Å². The Morgan fingerprint density at radius 1 is 1.31 bits per heavy atom. The van der Waals surface area contributed by atoms with E-state index in [4.69, 9.17) is 4.42 Å². The number of nitrogens with one attached hydrogen (secondary N) is 1. The maximum absolute atomic E-state index is 12.6. The van der Waals surface area contributed by atoms with Crippen LogP contribution in [0.3, 0.4) is 0 Å². The fourth-order valence-corrected chi connectivity index (χ4v) is 5.07. The lowest BCUT2D eigenvalue weighted by Crippen LogP contribution is -2.41. The molecule has 7 heteroatoms. The van der Waals surface area contributed by atoms with Crippen LogP contribution in [0.5, 0.6) is 0 Å². The van der Waals surface area contributed by atoms with Crippen molar-refractivity contribution in [3.63, 3.8) is 0 Å². The van der Waals surface area contributed by atoms with Gasteiger partial charge in [-0.25, -0.2) is 8.42 Å². The minimum atomic E-state index is -3.03. The van der Waals surface area contributed by atoms with Crippen LogP contribution in [0.25, 0.3) is 0 Å². The molecule has 0 spiro atoms. The van der Waals surface area contributed by atoms with Gasteiger partial charge >= 0.3 is 0 Å². The van der Waals surface area contributed by atoms with Gasteiger partial charge in [0.25, 0.3) is 0 Å². The van der Waals surface area contributed by atoms with Crippen LogP contribution in [0.4, 0.5) is 5.69 Å². The molecule has 26 heavy (non-hydrogen) atoms. The first-order chi connectivity index (χ1) is 12.3. The average molecular weight is 376 g/mol. The van der Waals surface area contributed by atoms with Crippen LogP contribution in [0.2, 0.25) is 0 Å². The highest BCUT2D eigenvalue weighted by molar-refractivity contribution is 7.91. The molecule has 1 aliphatic rings. The van der Waals surface area contributed by atoms with E-state index in [0.29, 0.717) is 18.7 Å². The Balaban J connectivity index is 1.71. The molecular weight excluding hydrogens is 352 g/mol. The summed E-state index contributed by atoms with van der Waals surface area (Å²) in [7, 11) is -3.03. The second-order valence-electron chi connectivity index (χ2n) is 6.91. The SMILES string of the molecule is Cc1ccc(NC(=O)CN(Cc2ccco2)[C@H]2CCS(=O)(=O)C2)c(C)c1. The van der Waals surface area contributed by atoms with Gasteiger partial charge in [-0.1, -0.05) is 17.7 Å². The van der Waals surface area contributed by atoms with Crippen LogP contribution in [-0.2, 0) is 21.2 Å². The summed E-state index contributed by atoms with van der Waals surface area (Å²) in [4.78, 5) is 14.5. The number of hydrogen-bond donors (Lipinski definition) is 1. The molecule has 1 aromatic heterocycles. The molecular formula is C19H24N2O4S. The maximum Gasteiger partial charge on any atom is 0.238 e. The topological polar surface area (TPSA) is 79.6 Å². The van der Waals surface area contributed by atoms with Crippen molar-refractivity contribution >= 4 is 21.4 Å². The highest BCUT2D eigenvalue weighted by atomic mass is 32.2. The number of rotatable bonds is 6. The first-order valence-electron chi connectivity index (χ1n) is 8.66. The number of amides is 1. The molecule has 1 fully saturated rings. The van der Waals surface area contributed by atoms with Crippen LogP contribution in [0.1, 0.15) is 23.3 Å². The van der Waals surface area contributed by atoms with Crippen molar-refractivity contribution < 1.29 is 17.6 Å². The Labute approximate surface area is 154 Å². The van der Waals surface area contributed by atoms with Gasteiger partial charge in [0, 0.05) is 11.7 Å². The van der Waals surface area contributed by atoms with Gasteiger partial charge in [-0.05, 0) is 44.0 Å². The van der Waals surface area contributed by atoms with Gasteiger partial charge in [0.1, 0.15) is 5.76 Å². The molecule has 6 nitrogen and oxygen atoms in total. The van der Waals surface area contributed by atoms with Crippen molar-refractivity contribution in [1.29, 1.82) is 0 Å². The summed E-state index contributed by atoms with van der Waals surface area (Å²) in [5.74, 6) is 0.816. The Morgan fingerprint density at radius 2 is 2.12 bits per heavy atom. The minimum absolute atomic E-state index is 0.0878. The lowest BCUT2D eigenvalue weighted by atomic mass is 10.1. The van der Waals surface area contributed by atoms with Gasteiger partial charge < -0.3 is 9.73 Å². The Bertz CT molecular complexity index is 875. The standard InChI is InChI=1S/C19H24N2O4S/c1-14-5-6-18(15(2)10-14)20-19(22)12-21(11-17-4-3-8-25-17)16-7-9-26(23,24)13-16/h3-6,8,10,16H,7,9,11-13H2,1-2H3,(H,20,22)/t16-/m0/s1. The normalized spacial score (nSPS) is 19.0.